The highest BCUT2D eigenvalue weighted by molar-refractivity contribution is 5.44. The lowest BCUT2D eigenvalue weighted by Gasteiger charge is -2.27. The van der Waals surface area contributed by atoms with Crippen LogP contribution in [0, 0.1) is 5.92 Å². The lowest BCUT2D eigenvalue weighted by atomic mass is 9.97. The van der Waals surface area contributed by atoms with Gasteiger partial charge in [-0.1, -0.05) is 6.07 Å². The van der Waals surface area contributed by atoms with Crippen molar-refractivity contribution < 1.29 is 14.2 Å². The zero-order chi connectivity index (χ0) is 14.5. The number of hydrogen-bond acceptors (Lipinski definition) is 4. The summed E-state index contributed by atoms with van der Waals surface area (Å²) in [6.45, 7) is 2.79. The first kappa shape index (κ1) is 15.1. The number of nitrogens with one attached hydrogen (secondary N) is 1. The van der Waals surface area contributed by atoms with Crippen LogP contribution in [0.3, 0.4) is 0 Å². The largest absolute Gasteiger partial charge is 0.493 e. The number of rotatable bonds is 8. The van der Waals surface area contributed by atoms with E-state index in [2.05, 4.69) is 18.3 Å². The Labute approximate surface area is 121 Å². The summed E-state index contributed by atoms with van der Waals surface area (Å²) in [7, 11) is 5.30. The third-order valence-corrected chi connectivity index (χ3v) is 3.85. The highest BCUT2D eigenvalue weighted by Crippen LogP contribution is 2.41. The summed E-state index contributed by atoms with van der Waals surface area (Å²) in [6.07, 6.45) is 2.75. The SMILES string of the molecule is CCOC(C1CC1)C(NC)c1ccc(OC)c(OC)c1. The van der Waals surface area contributed by atoms with Gasteiger partial charge in [-0.15, -0.1) is 0 Å². The molecule has 4 heteroatoms. The van der Waals surface area contributed by atoms with Crippen molar-refractivity contribution in [1.29, 1.82) is 0 Å². The number of hydrogen-bond donors (Lipinski definition) is 1. The molecule has 1 saturated carbocycles. The van der Waals surface area contributed by atoms with Gasteiger partial charge in [-0.2, -0.15) is 0 Å². The van der Waals surface area contributed by atoms with Crippen molar-refractivity contribution in [3.63, 3.8) is 0 Å². The fourth-order valence-electron chi connectivity index (χ4n) is 2.69. The van der Waals surface area contributed by atoms with Crippen LogP contribution in [-0.4, -0.2) is 34.0 Å². The van der Waals surface area contributed by atoms with Gasteiger partial charge >= 0.3 is 0 Å². The molecule has 1 N–H and O–H groups in total. The molecule has 4 nitrogen and oxygen atoms in total. The van der Waals surface area contributed by atoms with Crippen molar-refractivity contribution in [2.24, 2.45) is 5.92 Å². The summed E-state index contributed by atoms with van der Waals surface area (Å²) in [4.78, 5) is 0. The molecule has 1 aliphatic carbocycles. The van der Waals surface area contributed by atoms with E-state index in [9.17, 15) is 0 Å². The van der Waals surface area contributed by atoms with Gasteiger partial charge in [0.1, 0.15) is 0 Å². The van der Waals surface area contributed by atoms with Crippen molar-refractivity contribution in [3.05, 3.63) is 23.8 Å². The number of likely N-dealkylation sites (N-methyl/N-ethyl adjacent to an activating group) is 1. The van der Waals surface area contributed by atoms with Crippen molar-refractivity contribution >= 4 is 0 Å². The zero-order valence-corrected chi connectivity index (χ0v) is 12.8. The normalized spacial score (nSPS) is 17.6. The average molecular weight is 279 g/mol. The minimum absolute atomic E-state index is 0.183. The highest BCUT2D eigenvalue weighted by atomic mass is 16.5. The van der Waals surface area contributed by atoms with Crippen LogP contribution in [0.25, 0.3) is 0 Å². The fraction of sp³-hybridized carbons (Fsp3) is 0.625. The molecule has 0 spiro atoms. The quantitative estimate of drug-likeness (QED) is 0.794. The Morgan fingerprint density at radius 2 is 1.90 bits per heavy atom. The van der Waals surface area contributed by atoms with E-state index in [4.69, 9.17) is 14.2 Å². The van der Waals surface area contributed by atoms with Crippen LogP contribution < -0.4 is 14.8 Å². The van der Waals surface area contributed by atoms with Gasteiger partial charge in [-0.05, 0) is 50.4 Å². The van der Waals surface area contributed by atoms with Gasteiger partial charge in [-0.25, -0.2) is 0 Å². The summed E-state index contributed by atoms with van der Waals surface area (Å²) in [6, 6.07) is 6.25. The van der Waals surface area contributed by atoms with Crippen LogP contribution >= 0.6 is 0 Å². The second kappa shape index (κ2) is 6.95. The topological polar surface area (TPSA) is 39.7 Å². The Bertz CT molecular complexity index is 432. The monoisotopic (exact) mass is 279 g/mol. The van der Waals surface area contributed by atoms with E-state index >= 15 is 0 Å². The molecule has 0 aliphatic heterocycles. The van der Waals surface area contributed by atoms with Crippen molar-refractivity contribution in [3.8, 4) is 11.5 Å². The van der Waals surface area contributed by atoms with E-state index in [0.29, 0.717) is 5.92 Å². The standard InChI is InChI=1S/C16H25NO3/c1-5-20-16(11-6-7-11)15(17-2)12-8-9-13(18-3)14(10-12)19-4/h8-11,15-17H,5-7H2,1-4H3. The molecule has 2 unspecified atom stereocenters. The first-order valence-electron chi connectivity index (χ1n) is 7.25. The van der Waals surface area contributed by atoms with Gasteiger partial charge in [0.2, 0.25) is 0 Å². The zero-order valence-electron chi connectivity index (χ0n) is 12.8. The molecule has 112 valence electrons. The summed E-state index contributed by atoms with van der Waals surface area (Å²) < 4.78 is 16.7. The molecule has 0 bridgehead atoms. The molecule has 0 aromatic heterocycles. The predicted molar refractivity (Wildman–Crippen MR) is 79.5 cm³/mol. The minimum Gasteiger partial charge on any atom is -0.493 e. The van der Waals surface area contributed by atoms with Gasteiger partial charge < -0.3 is 19.5 Å². The first-order chi connectivity index (χ1) is 9.74. The van der Waals surface area contributed by atoms with E-state index in [0.717, 1.165) is 18.1 Å². The van der Waals surface area contributed by atoms with Crippen LogP contribution in [-0.2, 0) is 4.74 Å². The lowest BCUT2D eigenvalue weighted by molar-refractivity contribution is 0.0204. The van der Waals surface area contributed by atoms with E-state index in [1.807, 2.05) is 19.2 Å². The lowest BCUT2D eigenvalue weighted by Crippen LogP contribution is -2.33. The van der Waals surface area contributed by atoms with Gasteiger partial charge in [0.15, 0.2) is 11.5 Å². The van der Waals surface area contributed by atoms with Crippen molar-refractivity contribution in [2.75, 3.05) is 27.9 Å². The molecule has 0 saturated heterocycles. The predicted octanol–water partition coefficient (Wildman–Crippen LogP) is 2.78. The molecule has 2 rings (SSSR count). The Morgan fingerprint density at radius 3 is 2.40 bits per heavy atom. The van der Waals surface area contributed by atoms with Gasteiger partial charge in [0.05, 0.1) is 26.4 Å². The maximum absolute atomic E-state index is 5.97. The third kappa shape index (κ3) is 3.25. The summed E-state index contributed by atoms with van der Waals surface area (Å²) >= 11 is 0. The molecule has 1 aromatic rings. The Morgan fingerprint density at radius 1 is 1.20 bits per heavy atom. The summed E-state index contributed by atoms with van der Waals surface area (Å²) in [5, 5.41) is 3.39. The maximum atomic E-state index is 5.97. The highest BCUT2D eigenvalue weighted by Gasteiger charge is 2.37. The van der Waals surface area contributed by atoms with E-state index in [-0.39, 0.29) is 12.1 Å². The Hall–Kier alpha value is -1.26. The van der Waals surface area contributed by atoms with E-state index < -0.39 is 0 Å². The molecule has 0 radical (unpaired) electrons. The van der Waals surface area contributed by atoms with Gasteiger partial charge in [-0.3, -0.25) is 0 Å². The van der Waals surface area contributed by atoms with Crippen LogP contribution in [0.5, 0.6) is 11.5 Å². The molecule has 2 atom stereocenters. The molecule has 0 amide bonds. The second-order valence-electron chi connectivity index (χ2n) is 5.14. The molecular formula is C16H25NO3. The van der Waals surface area contributed by atoms with Crippen LogP contribution in [0.1, 0.15) is 31.4 Å². The fourth-order valence-corrected chi connectivity index (χ4v) is 2.69. The molecule has 1 aliphatic rings. The molecule has 20 heavy (non-hydrogen) atoms. The van der Waals surface area contributed by atoms with Crippen LogP contribution in [0.15, 0.2) is 18.2 Å². The average Bonchev–Trinajstić information content (AvgIpc) is 3.31. The molecule has 1 aromatic carbocycles. The van der Waals surface area contributed by atoms with Crippen LogP contribution in [0.4, 0.5) is 0 Å². The summed E-state index contributed by atoms with van der Waals surface area (Å²) in [5.74, 6) is 2.18. The van der Waals surface area contributed by atoms with E-state index in [1.54, 1.807) is 14.2 Å². The van der Waals surface area contributed by atoms with Gasteiger partial charge in [0, 0.05) is 6.61 Å². The number of ether oxygens (including phenoxy) is 3. The molecule has 1 fully saturated rings. The first-order valence-corrected chi connectivity index (χ1v) is 7.25. The smallest absolute Gasteiger partial charge is 0.161 e. The second-order valence-corrected chi connectivity index (χ2v) is 5.14. The van der Waals surface area contributed by atoms with Gasteiger partial charge in [0.25, 0.3) is 0 Å². The third-order valence-electron chi connectivity index (χ3n) is 3.85. The maximum Gasteiger partial charge on any atom is 0.161 e. The minimum atomic E-state index is 0.183. The summed E-state index contributed by atoms with van der Waals surface area (Å²) in [5.41, 5.74) is 1.18. The molecular weight excluding hydrogens is 254 g/mol. The number of benzene rings is 1. The van der Waals surface area contributed by atoms with Crippen molar-refractivity contribution in [1.82, 2.24) is 5.32 Å². The number of methoxy groups -OCH3 is 2. The van der Waals surface area contributed by atoms with Crippen molar-refractivity contribution in [2.45, 2.75) is 31.9 Å². The Balaban J connectivity index is 2.25. The molecule has 0 heterocycles. The van der Waals surface area contributed by atoms with Crippen LogP contribution in [0.2, 0.25) is 0 Å². The Kier molecular flexibility index (Phi) is 5.26. The van der Waals surface area contributed by atoms with E-state index in [1.165, 1.54) is 18.4 Å².